The van der Waals surface area contributed by atoms with Crippen LogP contribution in [-0.2, 0) is 0 Å². The van der Waals surface area contributed by atoms with Crippen LogP contribution in [0.4, 0.5) is 5.69 Å². The van der Waals surface area contributed by atoms with Crippen molar-refractivity contribution in [2.24, 2.45) is 0 Å². The zero-order chi connectivity index (χ0) is 24.0. The lowest BCUT2D eigenvalue weighted by molar-refractivity contribution is 0.0971. The number of carbonyl (C=O) groups excluding carboxylic acids is 1. The maximum absolute atomic E-state index is 13.7. The first-order valence-corrected chi connectivity index (χ1v) is 10.7. The van der Waals surface area contributed by atoms with E-state index in [-0.39, 0.29) is 17.1 Å². The van der Waals surface area contributed by atoms with Crippen LogP contribution in [0.3, 0.4) is 0 Å². The Balaban J connectivity index is 1.79. The fraction of sp³-hybridized carbons (Fsp3) is 0.185. The molecule has 1 aliphatic rings. The van der Waals surface area contributed by atoms with Gasteiger partial charge in [-0.2, -0.15) is 0 Å². The molecule has 0 spiro atoms. The molecule has 0 saturated heterocycles. The minimum absolute atomic E-state index is 0.0388. The molecule has 34 heavy (non-hydrogen) atoms. The summed E-state index contributed by atoms with van der Waals surface area (Å²) in [6, 6.07) is 17.1. The van der Waals surface area contributed by atoms with Gasteiger partial charge in [0.15, 0.2) is 16.9 Å². The number of aryl methyl sites for hydroxylation is 1. The molecular weight excluding hydrogens is 434 g/mol. The van der Waals surface area contributed by atoms with Crippen LogP contribution in [0.2, 0.25) is 0 Å². The van der Waals surface area contributed by atoms with Gasteiger partial charge >= 0.3 is 0 Å². The van der Waals surface area contributed by atoms with Gasteiger partial charge < -0.3 is 18.6 Å². The van der Waals surface area contributed by atoms with Crippen molar-refractivity contribution in [2.45, 2.75) is 13.0 Å². The maximum atomic E-state index is 13.7. The third kappa shape index (κ3) is 3.28. The largest absolute Gasteiger partial charge is 0.497 e. The van der Waals surface area contributed by atoms with E-state index < -0.39 is 6.04 Å². The number of nitrogens with zero attached hydrogens (tertiary/aromatic N) is 1. The first-order chi connectivity index (χ1) is 16.5. The van der Waals surface area contributed by atoms with Crippen molar-refractivity contribution in [3.8, 4) is 17.2 Å². The van der Waals surface area contributed by atoms with Crippen molar-refractivity contribution in [1.82, 2.24) is 0 Å². The number of hydrogen-bond acceptors (Lipinski definition) is 6. The van der Waals surface area contributed by atoms with Crippen LogP contribution in [0, 0.1) is 6.92 Å². The Morgan fingerprint density at radius 3 is 2.24 bits per heavy atom. The van der Waals surface area contributed by atoms with Gasteiger partial charge in [0.2, 0.25) is 5.76 Å². The monoisotopic (exact) mass is 457 g/mol. The number of hydrogen-bond donors (Lipinski definition) is 0. The molecule has 7 nitrogen and oxygen atoms in total. The van der Waals surface area contributed by atoms with E-state index in [9.17, 15) is 9.59 Å². The van der Waals surface area contributed by atoms with Crippen LogP contribution in [0.25, 0.3) is 11.0 Å². The molecule has 1 amide bonds. The van der Waals surface area contributed by atoms with Gasteiger partial charge in [-0.3, -0.25) is 14.5 Å². The Kier molecular flexibility index (Phi) is 5.24. The Morgan fingerprint density at radius 1 is 0.824 bits per heavy atom. The average Bonchev–Trinajstić information content (AvgIpc) is 3.16. The second-order valence-electron chi connectivity index (χ2n) is 8.06. The number of amides is 1. The minimum Gasteiger partial charge on any atom is -0.497 e. The van der Waals surface area contributed by atoms with Crippen LogP contribution >= 0.6 is 0 Å². The predicted octanol–water partition coefficient (Wildman–Crippen LogP) is 4.88. The van der Waals surface area contributed by atoms with Crippen molar-refractivity contribution in [2.75, 3.05) is 26.2 Å². The summed E-state index contributed by atoms with van der Waals surface area (Å²) in [7, 11) is 4.67. The summed E-state index contributed by atoms with van der Waals surface area (Å²) in [5.41, 5.74) is 2.68. The molecule has 1 aromatic heterocycles. The first-order valence-electron chi connectivity index (χ1n) is 10.7. The summed E-state index contributed by atoms with van der Waals surface area (Å²) in [5.74, 6) is 1.35. The smallest absolute Gasteiger partial charge is 0.295 e. The summed E-state index contributed by atoms with van der Waals surface area (Å²) >= 11 is 0. The molecule has 4 aromatic rings. The summed E-state index contributed by atoms with van der Waals surface area (Å²) < 4.78 is 22.2. The molecule has 3 aromatic carbocycles. The molecule has 0 N–H and O–H groups in total. The van der Waals surface area contributed by atoms with E-state index in [1.807, 2.05) is 19.1 Å². The molecule has 0 radical (unpaired) electrons. The lowest BCUT2D eigenvalue weighted by Crippen LogP contribution is -2.29. The minimum atomic E-state index is -0.711. The number of anilines is 1. The standard InChI is InChI=1S/C27H23NO6/c1-15-5-11-20-19(13-15)25(29)23-24(16-6-12-21(32-3)22(14-16)33-4)28(27(30)26(23)34-20)17-7-9-18(31-2)10-8-17/h5-14,24H,1-4H3. The van der Waals surface area contributed by atoms with Gasteiger partial charge in [-0.25, -0.2) is 0 Å². The van der Waals surface area contributed by atoms with Crippen molar-refractivity contribution in [1.29, 1.82) is 0 Å². The van der Waals surface area contributed by atoms with Gasteiger partial charge in [-0.1, -0.05) is 17.7 Å². The number of ether oxygens (including phenoxy) is 3. The zero-order valence-corrected chi connectivity index (χ0v) is 19.2. The lowest BCUT2D eigenvalue weighted by atomic mass is 9.97. The van der Waals surface area contributed by atoms with Gasteiger partial charge in [0.05, 0.1) is 38.3 Å². The molecule has 1 aliphatic heterocycles. The Bertz CT molecular complexity index is 1470. The highest BCUT2D eigenvalue weighted by molar-refractivity contribution is 6.10. The Morgan fingerprint density at radius 2 is 1.56 bits per heavy atom. The SMILES string of the molecule is COc1ccc(N2C(=O)c3oc4ccc(C)cc4c(=O)c3C2c2ccc(OC)c(OC)c2)cc1. The third-order valence-corrected chi connectivity index (χ3v) is 6.10. The van der Waals surface area contributed by atoms with Crippen molar-refractivity contribution < 1.29 is 23.4 Å². The molecule has 172 valence electrons. The van der Waals surface area contributed by atoms with Crippen LogP contribution in [-0.4, -0.2) is 27.2 Å². The quantitative estimate of drug-likeness (QED) is 0.425. The molecule has 0 fully saturated rings. The molecule has 1 unspecified atom stereocenters. The number of methoxy groups -OCH3 is 3. The topological polar surface area (TPSA) is 78.2 Å². The molecule has 0 bridgehead atoms. The van der Waals surface area contributed by atoms with E-state index in [2.05, 4.69) is 0 Å². The van der Waals surface area contributed by atoms with Crippen LogP contribution < -0.4 is 24.5 Å². The molecule has 0 saturated carbocycles. The molecule has 5 rings (SSSR count). The maximum Gasteiger partial charge on any atom is 0.295 e. The summed E-state index contributed by atoms with van der Waals surface area (Å²) in [5, 5.41) is 0.439. The highest BCUT2D eigenvalue weighted by Gasteiger charge is 2.44. The predicted molar refractivity (Wildman–Crippen MR) is 128 cm³/mol. The molecular formula is C27H23NO6. The zero-order valence-electron chi connectivity index (χ0n) is 19.2. The van der Waals surface area contributed by atoms with E-state index >= 15 is 0 Å². The molecule has 2 heterocycles. The van der Waals surface area contributed by atoms with Crippen LogP contribution in [0.15, 0.2) is 69.9 Å². The van der Waals surface area contributed by atoms with E-state index in [1.165, 1.54) is 0 Å². The highest BCUT2D eigenvalue weighted by atomic mass is 16.5. The van der Waals surface area contributed by atoms with Gasteiger partial charge in [-0.05, 0) is 61.0 Å². The van der Waals surface area contributed by atoms with E-state index in [0.717, 1.165) is 5.56 Å². The summed E-state index contributed by atoms with van der Waals surface area (Å²) in [6.07, 6.45) is 0. The van der Waals surface area contributed by atoms with Crippen molar-refractivity contribution in [3.05, 3.63) is 93.3 Å². The van der Waals surface area contributed by atoms with Gasteiger partial charge in [0.25, 0.3) is 5.91 Å². The van der Waals surface area contributed by atoms with Crippen molar-refractivity contribution >= 4 is 22.6 Å². The number of carbonyl (C=O) groups is 1. The number of benzene rings is 3. The van der Waals surface area contributed by atoms with Gasteiger partial charge in [0, 0.05) is 5.69 Å². The van der Waals surface area contributed by atoms with E-state index in [1.54, 1.807) is 74.8 Å². The lowest BCUT2D eigenvalue weighted by Gasteiger charge is -2.26. The number of rotatable bonds is 5. The normalized spacial score (nSPS) is 14.9. The summed E-state index contributed by atoms with van der Waals surface area (Å²) in [4.78, 5) is 29.0. The fourth-order valence-corrected chi connectivity index (χ4v) is 4.43. The van der Waals surface area contributed by atoms with Gasteiger partial charge in [-0.15, -0.1) is 0 Å². The van der Waals surface area contributed by atoms with Crippen LogP contribution in [0.1, 0.15) is 33.3 Å². The Hall–Kier alpha value is -4.26. The Labute approximate surface area is 196 Å². The van der Waals surface area contributed by atoms with E-state index in [4.69, 9.17) is 18.6 Å². The second-order valence-corrected chi connectivity index (χ2v) is 8.06. The molecule has 7 heteroatoms. The van der Waals surface area contributed by atoms with Crippen molar-refractivity contribution in [3.63, 3.8) is 0 Å². The second kappa shape index (κ2) is 8.26. The van der Waals surface area contributed by atoms with Crippen LogP contribution in [0.5, 0.6) is 17.2 Å². The molecule has 0 aliphatic carbocycles. The highest BCUT2D eigenvalue weighted by Crippen LogP contribution is 2.43. The fourth-order valence-electron chi connectivity index (χ4n) is 4.43. The third-order valence-electron chi connectivity index (χ3n) is 6.10. The first kappa shape index (κ1) is 21.6. The average molecular weight is 457 g/mol. The van der Waals surface area contributed by atoms with E-state index in [0.29, 0.717) is 45.0 Å². The number of fused-ring (bicyclic) bond motifs is 2. The molecule has 1 atom stereocenters. The van der Waals surface area contributed by atoms with Gasteiger partial charge in [0.1, 0.15) is 11.3 Å². The summed E-state index contributed by atoms with van der Waals surface area (Å²) in [6.45, 7) is 1.91.